The topological polar surface area (TPSA) is 74.5 Å². The fourth-order valence-corrected chi connectivity index (χ4v) is 4.81. The Hall–Kier alpha value is -3.13. The second-order valence-corrected chi connectivity index (χ2v) is 9.28. The fourth-order valence-electron chi connectivity index (χ4n) is 4.63. The molecule has 2 amide bonds. The predicted octanol–water partition coefficient (Wildman–Crippen LogP) is 5.93. The fraction of sp³-hybridized carbons (Fsp3) is 0.400. The van der Waals surface area contributed by atoms with E-state index in [1.165, 1.54) is 37.5 Å². The van der Waals surface area contributed by atoms with E-state index in [-0.39, 0.29) is 11.1 Å². The van der Waals surface area contributed by atoms with E-state index in [2.05, 4.69) is 32.5 Å². The van der Waals surface area contributed by atoms with E-state index < -0.39 is 5.82 Å². The third-order valence-corrected chi connectivity index (χ3v) is 6.91. The molecule has 1 aliphatic carbocycles. The van der Waals surface area contributed by atoms with Gasteiger partial charge in [0.15, 0.2) is 0 Å². The lowest BCUT2D eigenvalue weighted by atomic mass is 9.89. The van der Waals surface area contributed by atoms with Gasteiger partial charge in [0.05, 0.1) is 5.02 Å². The molecule has 7 nitrogen and oxygen atoms in total. The summed E-state index contributed by atoms with van der Waals surface area (Å²) in [6, 6.07) is 12.1. The Labute approximate surface area is 202 Å². The number of benzene rings is 2. The Morgan fingerprint density at radius 2 is 1.76 bits per heavy atom. The van der Waals surface area contributed by atoms with Gasteiger partial charge in [0.1, 0.15) is 5.82 Å². The second-order valence-electron chi connectivity index (χ2n) is 8.87. The van der Waals surface area contributed by atoms with Gasteiger partial charge in [-0.3, -0.25) is 0 Å². The number of carbonyl (C=O) groups is 1. The SMILES string of the molecule is O=C(Nc1ccc(F)c(Cl)c1)N1CCN(c2ccc(-c3noc(C4CCCCC4)n3)cc2)CC1. The Balaban J connectivity index is 1.16. The van der Waals surface area contributed by atoms with Crippen LogP contribution in [0.15, 0.2) is 47.0 Å². The summed E-state index contributed by atoms with van der Waals surface area (Å²) in [5.41, 5.74) is 2.50. The minimum atomic E-state index is -0.511. The van der Waals surface area contributed by atoms with Gasteiger partial charge in [0, 0.05) is 49.0 Å². The summed E-state index contributed by atoms with van der Waals surface area (Å²) < 4.78 is 18.9. The van der Waals surface area contributed by atoms with Gasteiger partial charge in [-0.05, 0) is 55.3 Å². The molecule has 0 radical (unpaired) electrons. The molecule has 0 spiro atoms. The molecule has 1 saturated heterocycles. The van der Waals surface area contributed by atoms with Crippen molar-refractivity contribution in [2.45, 2.75) is 38.0 Å². The van der Waals surface area contributed by atoms with Gasteiger partial charge >= 0.3 is 6.03 Å². The molecule has 0 atom stereocenters. The molecule has 2 fully saturated rings. The monoisotopic (exact) mass is 483 g/mol. The third-order valence-electron chi connectivity index (χ3n) is 6.62. The highest BCUT2D eigenvalue weighted by Gasteiger charge is 2.23. The minimum absolute atomic E-state index is 0.0166. The molecule has 0 bridgehead atoms. The van der Waals surface area contributed by atoms with E-state index in [0.29, 0.717) is 43.6 Å². The molecule has 0 unspecified atom stereocenters. The second kappa shape index (κ2) is 10.0. The number of piperazine rings is 1. The van der Waals surface area contributed by atoms with Crippen molar-refractivity contribution in [2.75, 3.05) is 36.4 Å². The summed E-state index contributed by atoms with van der Waals surface area (Å²) in [6.07, 6.45) is 6.00. The molecule has 5 rings (SSSR count). The van der Waals surface area contributed by atoms with Crippen LogP contribution in [0.2, 0.25) is 5.02 Å². The average molecular weight is 484 g/mol. The van der Waals surface area contributed by atoms with Crippen molar-refractivity contribution in [2.24, 2.45) is 0 Å². The van der Waals surface area contributed by atoms with Crippen LogP contribution < -0.4 is 10.2 Å². The van der Waals surface area contributed by atoms with Gasteiger partial charge in [-0.15, -0.1) is 0 Å². The number of urea groups is 1. The number of hydrogen-bond donors (Lipinski definition) is 1. The van der Waals surface area contributed by atoms with Gasteiger partial charge in [-0.2, -0.15) is 4.98 Å². The molecule has 1 saturated carbocycles. The molecule has 178 valence electrons. The van der Waals surface area contributed by atoms with Crippen molar-refractivity contribution in [1.29, 1.82) is 0 Å². The Morgan fingerprint density at radius 1 is 1.03 bits per heavy atom. The molecule has 1 aromatic heterocycles. The number of nitrogens with one attached hydrogen (secondary N) is 1. The first kappa shape index (κ1) is 22.7. The number of rotatable bonds is 4. The highest BCUT2D eigenvalue weighted by atomic mass is 35.5. The van der Waals surface area contributed by atoms with Gasteiger partial charge in [-0.1, -0.05) is 36.0 Å². The number of amides is 2. The van der Waals surface area contributed by atoms with Gasteiger partial charge in [0.2, 0.25) is 11.7 Å². The lowest BCUT2D eigenvalue weighted by molar-refractivity contribution is 0.208. The molecule has 2 heterocycles. The quantitative estimate of drug-likeness (QED) is 0.497. The van der Waals surface area contributed by atoms with E-state index in [1.807, 2.05) is 12.1 Å². The van der Waals surface area contributed by atoms with Crippen molar-refractivity contribution in [3.05, 3.63) is 59.2 Å². The van der Waals surface area contributed by atoms with Crippen LogP contribution >= 0.6 is 11.6 Å². The molecule has 2 aliphatic rings. The van der Waals surface area contributed by atoms with Crippen molar-refractivity contribution < 1.29 is 13.7 Å². The molecule has 1 N–H and O–H groups in total. The standard InChI is InChI=1S/C25H27ClFN5O2/c26-21-16-19(8-11-22(21)27)28-25(33)32-14-12-31(13-15-32)20-9-6-17(7-10-20)23-29-24(34-30-23)18-4-2-1-3-5-18/h6-11,16,18H,1-5,12-15H2,(H,28,33). The summed E-state index contributed by atoms with van der Waals surface area (Å²) in [7, 11) is 0. The number of hydrogen-bond acceptors (Lipinski definition) is 5. The summed E-state index contributed by atoms with van der Waals surface area (Å²) in [5, 5.41) is 6.96. The first-order valence-corrected chi connectivity index (χ1v) is 12.1. The number of anilines is 2. The van der Waals surface area contributed by atoms with Gasteiger partial charge in [0.25, 0.3) is 0 Å². The largest absolute Gasteiger partial charge is 0.368 e. The molecule has 34 heavy (non-hydrogen) atoms. The first-order valence-electron chi connectivity index (χ1n) is 11.8. The number of halogens is 2. The van der Waals surface area contributed by atoms with Crippen LogP contribution in [0, 0.1) is 5.82 Å². The summed E-state index contributed by atoms with van der Waals surface area (Å²) in [4.78, 5) is 21.2. The van der Waals surface area contributed by atoms with Crippen LogP contribution in [0.1, 0.15) is 43.9 Å². The normalized spacial score (nSPS) is 17.1. The molecule has 2 aromatic carbocycles. The van der Waals surface area contributed by atoms with Crippen molar-refractivity contribution in [3.63, 3.8) is 0 Å². The predicted molar refractivity (Wildman–Crippen MR) is 130 cm³/mol. The van der Waals surface area contributed by atoms with Crippen LogP contribution in [0.5, 0.6) is 0 Å². The van der Waals surface area contributed by atoms with Gasteiger partial charge < -0.3 is 19.6 Å². The van der Waals surface area contributed by atoms with Crippen LogP contribution in [-0.4, -0.2) is 47.3 Å². The first-order chi connectivity index (χ1) is 16.6. The Bertz CT molecular complexity index is 1140. The summed E-state index contributed by atoms with van der Waals surface area (Å²) in [6.45, 7) is 2.59. The van der Waals surface area contributed by atoms with Gasteiger partial charge in [-0.25, -0.2) is 9.18 Å². The maximum atomic E-state index is 13.3. The smallest absolute Gasteiger partial charge is 0.321 e. The van der Waals surface area contributed by atoms with E-state index in [1.54, 1.807) is 4.90 Å². The molecule has 1 aliphatic heterocycles. The van der Waals surface area contributed by atoms with Crippen molar-refractivity contribution in [1.82, 2.24) is 15.0 Å². The zero-order valence-corrected chi connectivity index (χ0v) is 19.6. The average Bonchev–Trinajstić information content (AvgIpc) is 3.37. The number of aromatic nitrogens is 2. The number of carbonyl (C=O) groups excluding carboxylic acids is 1. The highest BCUT2D eigenvalue weighted by molar-refractivity contribution is 6.31. The molecular formula is C25H27ClFN5O2. The number of nitrogens with zero attached hydrogens (tertiary/aromatic N) is 4. The minimum Gasteiger partial charge on any atom is -0.368 e. The zero-order valence-electron chi connectivity index (χ0n) is 18.8. The molecule has 3 aromatic rings. The molecular weight excluding hydrogens is 457 g/mol. The van der Waals surface area contributed by atoms with E-state index in [0.717, 1.165) is 30.0 Å². The van der Waals surface area contributed by atoms with E-state index in [4.69, 9.17) is 16.1 Å². The highest BCUT2D eigenvalue weighted by Crippen LogP contribution is 2.33. The van der Waals surface area contributed by atoms with Crippen LogP contribution in [0.3, 0.4) is 0 Å². The Kier molecular flexibility index (Phi) is 6.67. The lowest BCUT2D eigenvalue weighted by Crippen LogP contribution is -2.50. The van der Waals surface area contributed by atoms with Crippen LogP contribution in [0.4, 0.5) is 20.6 Å². The summed E-state index contributed by atoms with van der Waals surface area (Å²) in [5.74, 6) is 1.27. The lowest BCUT2D eigenvalue weighted by Gasteiger charge is -2.36. The van der Waals surface area contributed by atoms with Crippen LogP contribution in [0.25, 0.3) is 11.4 Å². The van der Waals surface area contributed by atoms with Crippen molar-refractivity contribution >= 4 is 29.0 Å². The zero-order chi connectivity index (χ0) is 23.5. The summed E-state index contributed by atoms with van der Waals surface area (Å²) >= 11 is 5.80. The van der Waals surface area contributed by atoms with E-state index in [9.17, 15) is 9.18 Å². The molecule has 9 heteroatoms. The van der Waals surface area contributed by atoms with E-state index >= 15 is 0 Å². The van der Waals surface area contributed by atoms with Crippen LogP contribution in [-0.2, 0) is 0 Å². The maximum absolute atomic E-state index is 13.3. The third kappa shape index (κ3) is 5.01. The maximum Gasteiger partial charge on any atom is 0.321 e. The van der Waals surface area contributed by atoms with Crippen molar-refractivity contribution in [3.8, 4) is 11.4 Å². The Morgan fingerprint density at radius 3 is 2.47 bits per heavy atom.